The van der Waals surface area contributed by atoms with Gasteiger partial charge in [0.1, 0.15) is 11.9 Å². The zero-order valence-corrected chi connectivity index (χ0v) is 8.60. The summed E-state index contributed by atoms with van der Waals surface area (Å²) >= 11 is 3.15. The van der Waals surface area contributed by atoms with Crippen LogP contribution in [0.25, 0.3) is 0 Å². The number of hydrogen-bond acceptors (Lipinski definition) is 1. The zero-order chi connectivity index (χ0) is 9.84. The van der Waals surface area contributed by atoms with Crippen molar-refractivity contribution >= 4 is 15.9 Å². The molecule has 1 N–H and O–H groups in total. The summed E-state index contributed by atoms with van der Waals surface area (Å²) in [7, 11) is 0. The number of aliphatic hydroxyl groups excluding tert-OH is 1. The summed E-state index contributed by atoms with van der Waals surface area (Å²) < 4.78 is 13.2. The van der Waals surface area contributed by atoms with Gasteiger partial charge in [0, 0.05) is 10.0 Å². The molecule has 0 bridgehead atoms. The Morgan fingerprint density at radius 2 is 2.23 bits per heavy atom. The van der Waals surface area contributed by atoms with Crippen LogP contribution in [0.15, 0.2) is 22.7 Å². The first-order valence-corrected chi connectivity index (χ1v) is 4.49. The van der Waals surface area contributed by atoms with Crippen molar-refractivity contribution in [1.82, 2.24) is 0 Å². The van der Waals surface area contributed by atoms with Crippen LogP contribution >= 0.6 is 15.9 Å². The van der Waals surface area contributed by atoms with Crippen LogP contribution in [0, 0.1) is 17.7 Å². The molecular formula is C10H8BrFO. The first kappa shape index (κ1) is 10.2. The standard InChI is InChI=1S/C10H8BrFO/c1-2-3-10(13)8-5-4-7(12)6-9(8)11/h4-6,10,13H,1H3. The average molecular weight is 243 g/mol. The van der Waals surface area contributed by atoms with Gasteiger partial charge in [0.2, 0.25) is 0 Å². The Labute approximate surface area is 84.7 Å². The lowest BCUT2D eigenvalue weighted by Gasteiger charge is -2.05. The highest BCUT2D eigenvalue weighted by Crippen LogP contribution is 2.23. The largest absolute Gasteiger partial charge is 0.376 e. The predicted molar refractivity (Wildman–Crippen MR) is 52.5 cm³/mol. The molecule has 1 aromatic carbocycles. The molecule has 1 rings (SSSR count). The third kappa shape index (κ3) is 2.55. The van der Waals surface area contributed by atoms with Gasteiger partial charge in [-0.15, -0.1) is 5.92 Å². The van der Waals surface area contributed by atoms with Gasteiger partial charge in [-0.05, 0) is 19.1 Å². The highest BCUT2D eigenvalue weighted by molar-refractivity contribution is 9.10. The SMILES string of the molecule is CC#CC(O)c1ccc(F)cc1Br. The van der Waals surface area contributed by atoms with Crippen LogP contribution in [0.3, 0.4) is 0 Å². The first-order valence-electron chi connectivity index (χ1n) is 3.70. The number of hydrogen-bond donors (Lipinski definition) is 1. The summed E-state index contributed by atoms with van der Waals surface area (Å²) in [6.45, 7) is 1.64. The zero-order valence-electron chi connectivity index (χ0n) is 7.01. The molecule has 1 nitrogen and oxygen atoms in total. The normalized spacial score (nSPS) is 11.7. The van der Waals surface area contributed by atoms with E-state index in [-0.39, 0.29) is 5.82 Å². The molecule has 0 heterocycles. The van der Waals surface area contributed by atoms with Crippen LogP contribution in [0.1, 0.15) is 18.6 Å². The van der Waals surface area contributed by atoms with Gasteiger partial charge < -0.3 is 5.11 Å². The number of rotatable bonds is 1. The molecule has 0 spiro atoms. The molecule has 0 radical (unpaired) electrons. The summed E-state index contributed by atoms with van der Waals surface area (Å²) in [6, 6.07) is 4.10. The Kier molecular flexibility index (Phi) is 3.47. The van der Waals surface area contributed by atoms with Crippen LogP contribution in [0.4, 0.5) is 4.39 Å². The number of benzene rings is 1. The van der Waals surface area contributed by atoms with Gasteiger partial charge in [-0.25, -0.2) is 4.39 Å². The van der Waals surface area contributed by atoms with Crippen molar-refractivity contribution in [2.75, 3.05) is 0 Å². The third-order valence-electron chi connectivity index (χ3n) is 1.54. The molecule has 13 heavy (non-hydrogen) atoms. The van der Waals surface area contributed by atoms with E-state index < -0.39 is 6.10 Å². The van der Waals surface area contributed by atoms with E-state index in [2.05, 4.69) is 27.8 Å². The highest BCUT2D eigenvalue weighted by Gasteiger charge is 2.08. The molecule has 0 aliphatic carbocycles. The molecule has 0 amide bonds. The van der Waals surface area contributed by atoms with Crippen LogP contribution in [0.5, 0.6) is 0 Å². The summed E-state index contributed by atoms with van der Waals surface area (Å²) in [6.07, 6.45) is -0.861. The van der Waals surface area contributed by atoms with Gasteiger partial charge >= 0.3 is 0 Å². The summed E-state index contributed by atoms with van der Waals surface area (Å²) in [4.78, 5) is 0. The highest BCUT2D eigenvalue weighted by atomic mass is 79.9. The van der Waals surface area contributed by atoms with Gasteiger partial charge in [-0.2, -0.15) is 0 Å². The maximum atomic E-state index is 12.6. The summed E-state index contributed by atoms with van der Waals surface area (Å²) in [5.74, 6) is 4.83. The molecule has 3 heteroatoms. The molecule has 1 unspecified atom stereocenters. The lowest BCUT2D eigenvalue weighted by molar-refractivity contribution is 0.237. The van der Waals surface area contributed by atoms with Gasteiger partial charge in [-0.1, -0.05) is 27.9 Å². The molecule has 0 saturated carbocycles. The fraction of sp³-hybridized carbons (Fsp3) is 0.200. The van der Waals surface area contributed by atoms with Crippen LogP contribution < -0.4 is 0 Å². The van der Waals surface area contributed by atoms with Crippen molar-refractivity contribution in [1.29, 1.82) is 0 Å². The second-order valence-electron chi connectivity index (χ2n) is 2.46. The molecule has 0 aliphatic rings. The van der Waals surface area contributed by atoms with E-state index in [4.69, 9.17) is 0 Å². The summed E-state index contributed by atoms with van der Waals surface area (Å²) in [5, 5.41) is 9.47. The van der Waals surface area contributed by atoms with Crippen LogP contribution in [-0.4, -0.2) is 5.11 Å². The Morgan fingerprint density at radius 1 is 1.54 bits per heavy atom. The lowest BCUT2D eigenvalue weighted by Crippen LogP contribution is -1.95. The van der Waals surface area contributed by atoms with Crippen molar-refractivity contribution in [2.24, 2.45) is 0 Å². The number of aliphatic hydroxyl groups is 1. The van der Waals surface area contributed by atoms with Gasteiger partial charge in [0.05, 0.1) is 0 Å². The molecule has 0 aliphatic heterocycles. The van der Waals surface area contributed by atoms with E-state index in [0.717, 1.165) is 0 Å². The van der Waals surface area contributed by atoms with Gasteiger partial charge in [0.25, 0.3) is 0 Å². The van der Waals surface area contributed by atoms with Crippen LogP contribution in [-0.2, 0) is 0 Å². The first-order chi connectivity index (χ1) is 6.15. The monoisotopic (exact) mass is 242 g/mol. The van der Waals surface area contributed by atoms with Crippen molar-refractivity contribution in [2.45, 2.75) is 13.0 Å². The van der Waals surface area contributed by atoms with E-state index in [1.54, 1.807) is 6.92 Å². The molecule has 1 aromatic rings. The molecule has 1 atom stereocenters. The van der Waals surface area contributed by atoms with Crippen molar-refractivity contribution in [3.05, 3.63) is 34.1 Å². The molecule has 68 valence electrons. The van der Waals surface area contributed by atoms with Crippen molar-refractivity contribution in [3.63, 3.8) is 0 Å². The maximum absolute atomic E-state index is 12.6. The van der Waals surface area contributed by atoms with Crippen molar-refractivity contribution < 1.29 is 9.50 Å². The molecule has 0 aromatic heterocycles. The molecule has 0 saturated heterocycles. The lowest BCUT2D eigenvalue weighted by atomic mass is 10.1. The average Bonchev–Trinajstić information content (AvgIpc) is 2.04. The van der Waals surface area contributed by atoms with E-state index >= 15 is 0 Å². The molecule has 0 fully saturated rings. The van der Waals surface area contributed by atoms with Crippen LogP contribution in [0.2, 0.25) is 0 Å². The second-order valence-corrected chi connectivity index (χ2v) is 3.32. The Morgan fingerprint density at radius 3 is 2.77 bits per heavy atom. The fourth-order valence-corrected chi connectivity index (χ4v) is 1.51. The number of halogens is 2. The second kappa shape index (κ2) is 4.40. The Bertz CT molecular complexity index is 365. The predicted octanol–water partition coefficient (Wildman–Crippen LogP) is 2.64. The minimum Gasteiger partial charge on any atom is -0.376 e. The third-order valence-corrected chi connectivity index (χ3v) is 2.22. The van der Waals surface area contributed by atoms with E-state index in [1.807, 2.05) is 0 Å². The van der Waals surface area contributed by atoms with Gasteiger partial charge in [0.15, 0.2) is 0 Å². The quantitative estimate of drug-likeness (QED) is 0.752. The van der Waals surface area contributed by atoms with E-state index in [9.17, 15) is 9.50 Å². The Hall–Kier alpha value is -0.850. The fourth-order valence-electron chi connectivity index (χ4n) is 0.938. The smallest absolute Gasteiger partial charge is 0.141 e. The molecular weight excluding hydrogens is 235 g/mol. The van der Waals surface area contributed by atoms with Gasteiger partial charge in [-0.3, -0.25) is 0 Å². The van der Waals surface area contributed by atoms with Crippen molar-refractivity contribution in [3.8, 4) is 11.8 Å². The topological polar surface area (TPSA) is 20.2 Å². The maximum Gasteiger partial charge on any atom is 0.141 e. The van der Waals surface area contributed by atoms with E-state index in [1.165, 1.54) is 18.2 Å². The minimum absolute atomic E-state index is 0.340. The minimum atomic E-state index is -0.861. The summed E-state index contributed by atoms with van der Waals surface area (Å²) in [5.41, 5.74) is 0.579. The Balaban J connectivity index is 3.06. The van der Waals surface area contributed by atoms with E-state index in [0.29, 0.717) is 10.0 Å².